The smallest absolute Gasteiger partial charge is 0.147 e. The van der Waals surface area contributed by atoms with Gasteiger partial charge in [-0.3, -0.25) is 0 Å². The second kappa shape index (κ2) is 6.51. The Kier molecular flexibility index (Phi) is 4.72. The zero-order chi connectivity index (χ0) is 14.5. The summed E-state index contributed by atoms with van der Waals surface area (Å²) in [4.78, 5) is 0. The predicted octanol–water partition coefficient (Wildman–Crippen LogP) is 3.50. The van der Waals surface area contributed by atoms with Crippen LogP contribution in [0.4, 0.5) is 4.39 Å². The number of ether oxygens (including phenoxy) is 1. The van der Waals surface area contributed by atoms with Crippen molar-refractivity contribution in [3.05, 3.63) is 63.4 Å². The van der Waals surface area contributed by atoms with E-state index in [1.807, 2.05) is 12.1 Å². The molecule has 0 atom stereocenters. The van der Waals surface area contributed by atoms with E-state index >= 15 is 0 Å². The van der Waals surface area contributed by atoms with Crippen molar-refractivity contribution in [3.63, 3.8) is 0 Å². The number of nitriles is 1. The summed E-state index contributed by atoms with van der Waals surface area (Å²) in [6, 6.07) is 12.0. The normalized spacial score (nSPS) is 10.1. The topological polar surface area (TPSA) is 59.0 Å². The molecule has 3 nitrogen and oxygen atoms in total. The first-order valence-corrected chi connectivity index (χ1v) is 6.73. The summed E-state index contributed by atoms with van der Waals surface area (Å²) in [7, 11) is 0. The van der Waals surface area contributed by atoms with Gasteiger partial charge in [0.15, 0.2) is 0 Å². The van der Waals surface area contributed by atoms with E-state index in [0.29, 0.717) is 17.9 Å². The standard InChI is InChI=1S/C15H12BrFN2O/c16-13-6-10(7-18)4-5-14(13)20-9-12-3-1-2-11(8-19)15(12)17/h1-6H,7,9,18H2. The van der Waals surface area contributed by atoms with Crippen LogP contribution in [0.15, 0.2) is 40.9 Å². The van der Waals surface area contributed by atoms with Crippen molar-refractivity contribution in [2.75, 3.05) is 0 Å². The Morgan fingerprint density at radius 2 is 2.10 bits per heavy atom. The molecule has 102 valence electrons. The molecule has 0 bridgehead atoms. The number of rotatable bonds is 4. The molecule has 0 fully saturated rings. The average molecular weight is 335 g/mol. The fraction of sp³-hybridized carbons (Fsp3) is 0.133. The number of hydrogen-bond acceptors (Lipinski definition) is 3. The van der Waals surface area contributed by atoms with Crippen molar-refractivity contribution in [1.82, 2.24) is 0 Å². The molecule has 0 saturated carbocycles. The van der Waals surface area contributed by atoms with E-state index in [1.165, 1.54) is 6.07 Å². The van der Waals surface area contributed by atoms with Crippen LogP contribution in [0.2, 0.25) is 0 Å². The highest BCUT2D eigenvalue weighted by atomic mass is 79.9. The Morgan fingerprint density at radius 1 is 1.30 bits per heavy atom. The van der Waals surface area contributed by atoms with Gasteiger partial charge in [-0.2, -0.15) is 5.26 Å². The van der Waals surface area contributed by atoms with E-state index in [-0.39, 0.29) is 12.2 Å². The maximum Gasteiger partial charge on any atom is 0.147 e. The lowest BCUT2D eigenvalue weighted by Crippen LogP contribution is -2.01. The minimum atomic E-state index is -0.537. The maximum atomic E-state index is 13.9. The lowest BCUT2D eigenvalue weighted by Gasteiger charge is -2.10. The van der Waals surface area contributed by atoms with Crippen LogP contribution >= 0.6 is 15.9 Å². The third kappa shape index (κ3) is 3.16. The molecular weight excluding hydrogens is 323 g/mol. The van der Waals surface area contributed by atoms with Gasteiger partial charge in [0.2, 0.25) is 0 Å². The molecule has 0 heterocycles. The van der Waals surface area contributed by atoms with Gasteiger partial charge in [-0.05, 0) is 39.7 Å². The van der Waals surface area contributed by atoms with Crippen molar-refractivity contribution in [2.45, 2.75) is 13.2 Å². The molecule has 2 aromatic rings. The number of benzene rings is 2. The lowest BCUT2D eigenvalue weighted by molar-refractivity contribution is 0.298. The molecular formula is C15H12BrFN2O. The second-order valence-electron chi connectivity index (χ2n) is 4.15. The van der Waals surface area contributed by atoms with E-state index in [0.717, 1.165) is 10.0 Å². The molecule has 20 heavy (non-hydrogen) atoms. The summed E-state index contributed by atoms with van der Waals surface area (Å²) < 4.78 is 20.2. The van der Waals surface area contributed by atoms with E-state index in [1.54, 1.807) is 24.3 Å². The van der Waals surface area contributed by atoms with Crippen molar-refractivity contribution in [1.29, 1.82) is 5.26 Å². The van der Waals surface area contributed by atoms with Crippen LogP contribution in [0.3, 0.4) is 0 Å². The summed E-state index contributed by atoms with van der Waals surface area (Å²) in [6.45, 7) is 0.500. The van der Waals surface area contributed by atoms with Crippen molar-refractivity contribution < 1.29 is 9.13 Å². The average Bonchev–Trinajstić information content (AvgIpc) is 2.47. The maximum absolute atomic E-state index is 13.9. The van der Waals surface area contributed by atoms with Gasteiger partial charge in [0.05, 0.1) is 10.0 Å². The van der Waals surface area contributed by atoms with Crippen molar-refractivity contribution in [2.24, 2.45) is 5.73 Å². The Morgan fingerprint density at radius 3 is 2.75 bits per heavy atom. The Labute approximate surface area is 124 Å². The van der Waals surface area contributed by atoms with E-state index in [9.17, 15) is 4.39 Å². The van der Waals surface area contributed by atoms with Crippen LogP contribution in [-0.2, 0) is 13.2 Å². The van der Waals surface area contributed by atoms with Gasteiger partial charge < -0.3 is 10.5 Å². The largest absolute Gasteiger partial charge is 0.488 e. The molecule has 0 radical (unpaired) electrons. The second-order valence-corrected chi connectivity index (χ2v) is 5.00. The van der Waals surface area contributed by atoms with Crippen molar-refractivity contribution in [3.8, 4) is 11.8 Å². The molecule has 0 saturated heterocycles. The zero-order valence-corrected chi connectivity index (χ0v) is 12.2. The minimum absolute atomic E-state index is 0.0173. The van der Waals surface area contributed by atoms with Crippen LogP contribution in [-0.4, -0.2) is 0 Å². The first-order chi connectivity index (χ1) is 9.65. The van der Waals surface area contributed by atoms with Gasteiger partial charge in [-0.15, -0.1) is 0 Å². The van der Waals surface area contributed by atoms with Gasteiger partial charge in [-0.1, -0.05) is 18.2 Å². The number of hydrogen-bond donors (Lipinski definition) is 1. The van der Waals surface area contributed by atoms with Gasteiger partial charge in [-0.25, -0.2) is 4.39 Å². The molecule has 0 aliphatic heterocycles. The first kappa shape index (κ1) is 14.5. The molecule has 0 unspecified atom stereocenters. The van der Waals surface area contributed by atoms with Crippen LogP contribution in [0, 0.1) is 17.1 Å². The molecule has 2 rings (SSSR count). The fourth-order valence-electron chi connectivity index (χ4n) is 1.72. The van der Waals surface area contributed by atoms with Crippen LogP contribution in [0.25, 0.3) is 0 Å². The third-order valence-electron chi connectivity index (χ3n) is 2.81. The van der Waals surface area contributed by atoms with E-state index < -0.39 is 5.82 Å². The molecule has 0 aliphatic carbocycles. The van der Waals surface area contributed by atoms with Gasteiger partial charge in [0.1, 0.15) is 24.2 Å². The highest BCUT2D eigenvalue weighted by Gasteiger charge is 2.09. The first-order valence-electron chi connectivity index (χ1n) is 5.94. The molecule has 0 aliphatic rings. The number of nitrogens with two attached hydrogens (primary N) is 1. The summed E-state index contributed by atoms with van der Waals surface area (Å²) in [5.41, 5.74) is 6.88. The third-order valence-corrected chi connectivity index (χ3v) is 3.43. The quantitative estimate of drug-likeness (QED) is 0.930. The highest BCUT2D eigenvalue weighted by molar-refractivity contribution is 9.10. The summed E-state index contributed by atoms with van der Waals surface area (Å²) in [5, 5.41) is 8.78. The Bertz CT molecular complexity index is 667. The molecule has 2 N–H and O–H groups in total. The van der Waals surface area contributed by atoms with E-state index in [2.05, 4.69) is 15.9 Å². The Hall–Kier alpha value is -1.90. The summed E-state index contributed by atoms with van der Waals surface area (Å²) >= 11 is 3.38. The Balaban J connectivity index is 2.15. The van der Waals surface area contributed by atoms with Crippen LogP contribution in [0.5, 0.6) is 5.75 Å². The fourth-order valence-corrected chi connectivity index (χ4v) is 2.26. The van der Waals surface area contributed by atoms with E-state index in [4.69, 9.17) is 15.7 Å². The van der Waals surface area contributed by atoms with Crippen LogP contribution in [0.1, 0.15) is 16.7 Å². The predicted molar refractivity (Wildman–Crippen MR) is 77.5 cm³/mol. The van der Waals surface area contributed by atoms with Crippen LogP contribution < -0.4 is 10.5 Å². The molecule has 5 heteroatoms. The summed E-state index contributed by atoms with van der Waals surface area (Å²) in [6.07, 6.45) is 0. The highest BCUT2D eigenvalue weighted by Crippen LogP contribution is 2.27. The zero-order valence-electron chi connectivity index (χ0n) is 10.6. The molecule has 0 aromatic heterocycles. The molecule has 0 amide bonds. The SMILES string of the molecule is N#Cc1cccc(COc2ccc(CN)cc2Br)c1F. The minimum Gasteiger partial charge on any atom is -0.488 e. The number of halogens is 2. The monoisotopic (exact) mass is 334 g/mol. The lowest BCUT2D eigenvalue weighted by atomic mass is 10.1. The summed E-state index contributed by atoms with van der Waals surface area (Å²) in [5.74, 6) is 0.0636. The van der Waals surface area contributed by atoms with Gasteiger partial charge in [0, 0.05) is 12.1 Å². The van der Waals surface area contributed by atoms with Gasteiger partial charge in [0.25, 0.3) is 0 Å². The molecule has 0 spiro atoms. The van der Waals surface area contributed by atoms with Crippen molar-refractivity contribution >= 4 is 15.9 Å². The van der Waals surface area contributed by atoms with Gasteiger partial charge >= 0.3 is 0 Å². The molecule has 2 aromatic carbocycles. The number of nitrogens with zero attached hydrogens (tertiary/aromatic N) is 1.